The minimum absolute atomic E-state index is 0.0828. The highest BCUT2D eigenvalue weighted by molar-refractivity contribution is 5.82. The van der Waals surface area contributed by atoms with Crippen molar-refractivity contribution < 1.29 is 9.47 Å². The van der Waals surface area contributed by atoms with E-state index in [1.807, 2.05) is 80.6 Å². The van der Waals surface area contributed by atoms with Gasteiger partial charge in [0, 0.05) is 5.56 Å². The van der Waals surface area contributed by atoms with E-state index in [1.165, 1.54) is 4.68 Å². The van der Waals surface area contributed by atoms with E-state index in [2.05, 4.69) is 12.0 Å². The lowest BCUT2D eigenvalue weighted by Crippen LogP contribution is -2.20. The molecular weight excluding hydrogens is 414 g/mol. The number of para-hydroxylation sites is 1. The van der Waals surface area contributed by atoms with E-state index in [0.717, 1.165) is 17.5 Å². The number of ether oxygens (including phenoxy) is 2. The minimum atomic E-state index is -0.225. The van der Waals surface area contributed by atoms with E-state index < -0.39 is 0 Å². The Balaban J connectivity index is 1.78. The molecule has 0 spiro atoms. The van der Waals surface area contributed by atoms with Crippen molar-refractivity contribution in [3.8, 4) is 22.9 Å². The van der Waals surface area contributed by atoms with Crippen LogP contribution in [0.5, 0.6) is 11.5 Å². The summed E-state index contributed by atoms with van der Waals surface area (Å²) in [4.78, 5) is 18.0. The predicted octanol–water partition coefficient (Wildman–Crippen LogP) is 5.52. The first-order chi connectivity index (χ1) is 16.1. The molecule has 0 aliphatic carbocycles. The summed E-state index contributed by atoms with van der Waals surface area (Å²) in [7, 11) is 0. The molecule has 4 aromatic rings. The zero-order valence-corrected chi connectivity index (χ0v) is 19.1. The summed E-state index contributed by atoms with van der Waals surface area (Å²) in [5.74, 6) is 1.82. The zero-order chi connectivity index (χ0) is 23.2. The van der Waals surface area contributed by atoms with Crippen LogP contribution in [0.3, 0.4) is 0 Å². The fraction of sp³-hybridized carbons (Fsp3) is 0.222. The average molecular weight is 442 g/mol. The Morgan fingerprint density at radius 2 is 1.76 bits per heavy atom. The molecule has 0 unspecified atom stereocenters. The van der Waals surface area contributed by atoms with Crippen LogP contribution < -0.4 is 15.0 Å². The SMILES string of the molecule is CCOc1cc(C=Nn2c(-c3ccccc3)nc3ccccc3c2=O)ccc1O[C@@H](C)CC. The van der Waals surface area contributed by atoms with E-state index in [-0.39, 0.29) is 11.7 Å². The van der Waals surface area contributed by atoms with Crippen LogP contribution in [0.1, 0.15) is 32.8 Å². The van der Waals surface area contributed by atoms with Crippen LogP contribution in [0.25, 0.3) is 22.3 Å². The number of aromatic nitrogens is 2. The first kappa shape index (κ1) is 22.3. The number of nitrogens with zero attached hydrogens (tertiary/aromatic N) is 3. The van der Waals surface area contributed by atoms with Gasteiger partial charge in [-0.1, -0.05) is 49.4 Å². The predicted molar refractivity (Wildman–Crippen MR) is 132 cm³/mol. The van der Waals surface area contributed by atoms with E-state index in [9.17, 15) is 4.79 Å². The average Bonchev–Trinajstić information content (AvgIpc) is 2.85. The van der Waals surface area contributed by atoms with E-state index in [4.69, 9.17) is 14.5 Å². The molecule has 3 aromatic carbocycles. The third kappa shape index (κ3) is 4.95. The van der Waals surface area contributed by atoms with E-state index in [0.29, 0.717) is 34.8 Å². The molecule has 0 N–H and O–H groups in total. The molecule has 168 valence electrons. The van der Waals surface area contributed by atoms with Crippen LogP contribution in [-0.2, 0) is 0 Å². The third-order valence-corrected chi connectivity index (χ3v) is 5.28. The molecule has 6 nitrogen and oxygen atoms in total. The molecule has 1 aromatic heterocycles. The van der Waals surface area contributed by atoms with Crippen LogP contribution in [0.4, 0.5) is 0 Å². The van der Waals surface area contributed by atoms with Crippen LogP contribution in [0.15, 0.2) is 82.7 Å². The Kier molecular flexibility index (Phi) is 6.83. The molecule has 0 saturated heterocycles. The first-order valence-electron chi connectivity index (χ1n) is 11.2. The normalized spacial score (nSPS) is 12.2. The molecule has 0 aliphatic heterocycles. The van der Waals surface area contributed by atoms with Gasteiger partial charge >= 0.3 is 0 Å². The highest BCUT2D eigenvalue weighted by atomic mass is 16.5. The topological polar surface area (TPSA) is 65.7 Å². The van der Waals surface area contributed by atoms with Crippen molar-refractivity contribution in [3.63, 3.8) is 0 Å². The molecule has 0 bridgehead atoms. The highest BCUT2D eigenvalue weighted by Gasteiger charge is 2.13. The van der Waals surface area contributed by atoms with Gasteiger partial charge in [-0.3, -0.25) is 4.79 Å². The van der Waals surface area contributed by atoms with Gasteiger partial charge in [0.25, 0.3) is 5.56 Å². The van der Waals surface area contributed by atoms with Gasteiger partial charge in [-0.15, -0.1) is 0 Å². The van der Waals surface area contributed by atoms with E-state index >= 15 is 0 Å². The molecule has 4 rings (SSSR count). The third-order valence-electron chi connectivity index (χ3n) is 5.28. The summed E-state index contributed by atoms with van der Waals surface area (Å²) in [5.41, 5.74) is 2.01. The van der Waals surface area contributed by atoms with Crippen molar-refractivity contribution in [1.82, 2.24) is 9.66 Å². The first-order valence-corrected chi connectivity index (χ1v) is 11.2. The van der Waals surface area contributed by atoms with Gasteiger partial charge in [-0.2, -0.15) is 9.78 Å². The second kappa shape index (κ2) is 10.1. The monoisotopic (exact) mass is 441 g/mol. The Labute approximate surface area is 193 Å². The minimum Gasteiger partial charge on any atom is -0.490 e. The second-order valence-corrected chi connectivity index (χ2v) is 7.66. The van der Waals surface area contributed by atoms with Crippen molar-refractivity contribution in [2.75, 3.05) is 6.61 Å². The number of hydrogen-bond donors (Lipinski definition) is 0. The fourth-order valence-corrected chi connectivity index (χ4v) is 3.40. The maximum atomic E-state index is 13.3. The summed E-state index contributed by atoms with van der Waals surface area (Å²) < 4.78 is 13.1. The quantitative estimate of drug-likeness (QED) is 0.338. The van der Waals surface area contributed by atoms with Gasteiger partial charge in [0.2, 0.25) is 0 Å². The largest absolute Gasteiger partial charge is 0.490 e. The lowest BCUT2D eigenvalue weighted by Gasteiger charge is -2.16. The molecule has 0 saturated carbocycles. The molecule has 1 heterocycles. The van der Waals surface area contributed by atoms with Crippen molar-refractivity contribution >= 4 is 17.1 Å². The summed E-state index contributed by atoms with van der Waals surface area (Å²) >= 11 is 0. The summed E-state index contributed by atoms with van der Waals surface area (Å²) in [6, 6.07) is 22.5. The van der Waals surface area contributed by atoms with Gasteiger partial charge in [-0.25, -0.2) is 4.98 Å². The fourth-order valence-electron chi connectivity index (χ4n) is 3.40. The van der Waals surface area contributed by atoms with Gasteiger partial charge < -0.3 is 9.47 Å². The summed E-state index contributed by atoms with van der Waals surface area (Å²) in [6.45, 7) is 6.55. The molecule has 1 atom stereocenters. The molecule has 0 amide bonds. The lowest BCUT2D eigenvalue weighted by molar-refractivity contribution is 0.203. The molecule has 33 heavy (non-hydrogen) atoms. The van der Waals surface area contributed by atoms with Crippen molar-refractivity contribution in [2.45, 2.75) is 33.3 Å². The van der Waals surface area contributed by atoms with Gasteiger partial charge in [0.05, 0.1) is 29.8 Å². The van der Waals surface area contributed by atoms with Crippen LogP contribution >= 0.6 is 0 Å². The Morgan fingerprint density at radius 3 is 2.52 bits per heavy atom. The van der Waals surface area contributed by atoms with Crippen molar-refractivity contribution in [3.05, 3.63) is 88.7 Å². The van der Waals surface area contributed by atoms with Gasteiger partial charge in [-0.05, 0) is 56.2 Å². The second-order valence-electron chi connectivity index (χ2n) is 7.66. The number of rotatable bonds is 8. The van der Waals surface area contributed by atoms with Crippen LogP contribution in [-0.4, -0.2) is 28.6 Å². The summed E-state index contributed by atoms with van der Waals surface area (Å²) in [5, 5.41) is 5.05. The van der Waals surface area contributed by atoms with Crippen molar-refractivity contribution in [2.24, 2.45) is 5.10 Å². The van der Waals surface area contributed by atoms with Crippen LogP contribution in [0, 0.1) is 0 Å². The van der Waals surface area contributed by atoms with Gasteiger partial charge in [0.15, 0.2) is 17.3 Å². The Morgan fingerprint density at radius 1 is 1.00 bits per heavy atom. The lowest BCUT2D eigenvalue weighted by atomic mass is 10.2. The highest BCUT2D eigenvalue weighted by Crippen LogP contribution is 2.29. The summed E-state index contributed by atoms with van der Waals surface area (Å²) in [6.07, 6.45) is 2.62. The maximum absolute atomic E-state index is 13.3. The number of benzene rings is 3. The number of fused-ring (bicyclic) bond motifs is 1. The van der Waals surface area contributed by atoms with Crippen molar-refractivity contribution in [1.29, 1.82) is 0 Å². The van der Waals surface area contributed by atoms with Crippen LogP contribution in [0.2, 0.25) is 0 Å². The molecular formula is C27H27N3O3. The standard InChI is InChI=1S/C27H27N3O3/c1-4-19(3)33-24-16-15-20(17-25(24)32-5-2)18-28-30-26(21-11-7-6-8-12-21)29-23-14-10-9-13-22(23)27(30)31/h6-19H,4-5H2,1-3H3/t19-/m0/s1. The molecule has 0 aliphatic rings. The zero-order valence-electron chi connectivity index (χ0n) is 19.1. The molecule has 0 fully saturated rings. The smallest absolute Gasteiger partial charge is 0.282 e. The molecule has 0 radical (unpaired) electrons. The molecule has 6 heteroatoms. The maximum Gasteiger partial charge on any atom is 0.282 e. The number of hydrogen-bond acceptors (Lipinski definition) is 5. The van der Waals surface area contributed by atoms with E-state index in [1.54, 1.807) is 12.3 Å². The van der Waals surface area contributed by atoms with Gasteiger partial charge in [0.1, 0.15) is 0 Å². The Hall–Kier alpha value is -3.93. The Bertz CT molecular complexity index is 1330.